The number of halogens is 1. The van der Waals surface area contributed by atoms with Crippen molar-refractivity contribution in [1.82, 2.24) is 20.4 Å². The third-order valence-electron chi connectivity index (χ3n) is 4.01. The van der Waals surface area contributed by atoms with Crippen LogP contribution in [0, 0.1) is 5.82 Å². The average Bonchev–Trinajstić information content (AvgIpc) is 3.26. The molecule has 0 radical (unpaired) electrons. The molecule has 10 heteroatoms. The van der Waals surface area contributed by atoms with Crippen molar-refractivity contribution in [1.29, 1.82) is 0 Å². The molecule has 3 rings (SSSR count). The second kappa shape index (κ2) is 7.44. The first-order valence-electron chi connectivity index (χ1n) is 8.18. The van der Waals surface area contributed by atoms with Crippen LogP contribution >= 0.6 is 0 Å². The highest BCUT2D eigenvalue weighted by Gasteiger charge is 2.32. The SMILES string of the molecule is CNC(=O)c1cnn(-c2ccc(N3C[C@H](CNC(C)=O)OC3=O)cc2F)c1. The van der Waals surface area contributed by atoms with Crippen LogP contribution in [0.25, 0.3) is 5.69 Å². The standard InChI is InChI=1S/C17H18FN5O4/c1-10(24)20-7-13-9-22(17(26)27-13)12-3-4-15(14(18)5-12)23-8-11(6-21-23)16(25)19-2/h3-6,8,13H,7,9H2,1-2H3,(H,19,25)(H,20,24)/t13-/m0/s1. The molecule has 3 amide bonds. The molecule has 0 spiro atoms. The summed E-state index contributed by atoms with van der Waals surface area (Å²) in [5, 5.41) is 9.02. The lowest BCUT2D eigenvalue weighted by molar-refractivity contribution is -0.119. The average molecular weight is 375 g/mol. The maximum absolute atomic E-state index is 14.6. The lowest BCUT2D eigenvalue weighted by Crippen LogP contribution is -2.33. The molecule has 1 aromatic heterocycles. The Morgan fingerprint density at radius 3 is 2.85 bits per heavy atom. The first kappa shape index (κ1) is 18.4. The monoisotopic (exact) mass is 375 g/mol. The summed E-state index contributed by atoms with van der Waals surface area (Å²) in [6, 6.07) is 4.21. The first-order chi connectivity index (χ1) is 12.9. The predicted octanol–water partition coefficient (Wildman–Crippen LogP) is 0.832. The molecule has 27 heavy (non-hydrogen) atoms. The van der Waals surface area contributed by atoms with Crippen LogP contribution in [0.15, 0.2) is 30.6 Å². The Morgan fingerprint density at radius 2 is 2.19 bits per heavy atom. The lowest BCUT2D eigenvalue weighted by atomic mass is 10.2. The van der Waals surface area contributed by atoms with Gasteiger partial charge in [0.05, 0.1) is 30.5 Å². The highest BCUT2D eigenvalue weighted by molar-refractivity contribution is 5.93. The van der Waals surface area contributed by atoms with E-state index in [1.807, 2.05) is 0 Å². The van der Waals surface area contributed by atoms with E-state index in [9.17, 15) is 18.8 Å². The van der Waals surface area contributed by atoms with Gasteiger partial charge in [0, 0.05) is 20.2 Å². The van der Waals surface area contributed by atoms with Crippen LogP contribution in [-0.4, -0.2) is 53.9 Å². The van der Waals surface area contributed by atoms with Gasteiger partial charge in [-0.1, -0.05) is 0 Å². The molecule has 0 unspecified atom stereocenters. The molecule has 1 fully saturated rings. The summed E-state index contributed by atoms with van der Waals surface area (Å²) in [5.74, 6) is -1.17. The normalized spacial score (nSPS) is 16.2. The zero-order valence-corrected chi connectivity index (χ0v) is 14.7. The van der Waals surface area contributed by atoms with Gasteiger partial charge in [0.2, 0.25) is 5.91 Å². The van der Waals surface area contributed by atoms with Crippen molar-refractivity contribution >= 4 is 23.6 Å². The topological polar surface area (TPSA) is 106 Å². The number of hydrogen-bond acceptors (Lipinski definition) is 5. The molecule has 142 valence electrons. The Balaban J connectivity index is 1.77. The van der Waals surface area contributed by atoms with Gasteiger partial charge in [-0.3, -0.25) is 14.5 Å². The minimum atomic E-state index is -0.614. The largest absolute Gasteiger partial charge is 0.442 e. The number of carbonyl (C=O) groups excluding carboxylic acids is 3. The van der Waals surface area contributed by atoms with Gasteiger partial charge in [0.1, 0.15) is 11.8 Å². The van der Waals surface area contributed by atoms with Crippen molar-refractivity contribution in [2.45, 2.75) is 13.0 Å². The van der Waals surface area contributed by atoms with Gasteiger partial charge in [-0.2, -0.15) is 5.10 Å². The Labute approximate surface area is 154 Å². The van der Waals surface area contributed by atoms with Crippen LogP contribution in [0.5, 0.6) is 0 Å². The van der Waals surface area contributed by atoms with Crippen molar-refractivity contribution in [3.8, 4) is 5.69 Å². The maximum atomic E-state index is 14.6. The minimum Gasteiger partial charge on any atom is -0.442 e. The molecule has 1 atom stereocenters. The zero-order chi connectivity index (χ0) is 19.6. The number of hydrogen-bond donors (Lipinski definition) is 2. The van der Waals surface area contributed by atoms with Gasteiger partial charge in [-0.05, 0) is 18.2 Å². The van der Waals surface area contributed by atoms with E-state index in [4.69, 9.17) is 4.74 Å². The number of carbonyl (C=O) groups is 3. The van der Waals surface area contributed by atoms with Crippen molar-refractivity contribution in [3.63, 3.8) is 0 Å². The molecular weight excluding hydrogens is 357 g/mol. The smallest absolute Gasteiger partial charge is 0.414 e. The molecule has 1 saturated heterocycles. The third-order valence-corrected chi connectivity index (χ3v) is 4.01. The van der Waals surface area contributed by atoms with Gasteiger partial charge < -0.3 is 15.4 Å². The second-order valence-electron chi connectivity index (χ2n) is 5.94. The summed E-state index contributed by atoms with van der Waals surface area (Å²) in [7, 11) is 1.49. The fraction of sp³-hybridized carbons (Fsp3) is 0.294. The molecular formula is C17H18FN5O4. The number of ether oxygens (including phenoxy) is 1. The number of benzene rings is 1. The van der Waals surface area contributed by atoms with Crippen LogP contribution in [0.1, 0.15) is 17.3 Å². The van der Waals surface area contributed by atoms with Gasteiger partial charge in [-0.25, -0.2) is 13.9 Å². The van der Waals surface area contributed by atoms with Crippen molar-refractivity contribution in [2.75, 3.05) is 25.0 Å². The van der Waals surface area contributed by atoms with Crippen LogP contribution in [0.4, 0.5) is 14.9 Å². The van der Waals surface area contributed by atoms with Crippen LogP contribution < -0.4 is 15.5 Å². The third kappa shape index (κ3) is 3.89. The van der Waals surface area contributed by atoms with E-state index in [1.54, 1.807) is 6.07 Å². The van der Waals surface area contributed by atoms with Crippen molar-refractivity contribution < 1.29 is 23.5 Å². The molecule has 1 aliphatic heterocycles. The highest BCUT2D eigenvalue weighted by atomic mass is 19.1. The van der Waals surface area contributed by atoms with Gasteiger partial charge in [0.15, 0.2) is 5.82 Å². The van der Waals surface area contributed by atoms with E-state index in [0.717, 1.165) is 0 Å². The molecule has 0 saturated carbocycles. The lowest BCUT2D eigenvalue weighted by Gasteiger charge is -2.14. The first-order valence-corrected chi connectivity index (χ1v) is 8.18. The number of nitrogens with one attached hydrogen (secondary N) is 2. The Morgan fingerprint density at radius 1 is 1.41 bits per heavy atom. The molecule has 2 aromatic rings. The summed E-state index contributed by atoms with van der Waals surface area (Å²) in [5.41, 5.74) is 0.756. The quantitative estimate of drug-likeness (QED) is 0.805. The van der Waals surface area contributed by atoms with E-state index < -0.39 is 18.0 Å². The summed E-state index contributed by atoms with van der Waals surface area (Å²) in [4.78, 5) is 35.9. The van der Waals surface area contributed by atoms with Crippen molar-refractivity contribution in [2.24, 2.45) is 0 Å². The number of amides is 3. The minimum absolute atomic E-state index is 0.135. The summed E-state index contributed by atoms with van der Waals surface area (Å²) >= 11 is 0. The number of aromatic nitrogens is 2. The fourth-order valence-corrected chi connectivity index (χ4v) is 2.66. The Bertz CT molecular complexity index is 897. The second-order valence-corrected chi connectivity index (χ2v) is 5.94. The highest BCUT2D eigenvalue weighted by Crippen LogP contribution is 2.25. The molecule has 9 nitrogen and oxygen atoms in total. The molecule has 0 bridgehead atoms. The van der Waals surface area contributed by atoms with Crippen LogP contribution in [0.3, 0.4) is 0 Å². The Hall–Kier alpha value is -3.43. The van der Waals surface area contributed by atoms with Gasteiger partial charge in [-0.15, -0.1) is 0 Å². The molecule has 1 aromatic carbocycles. The fourth-order valence-electron chi connectivity index (χ4n) is 2.66. The predicted molar refractivity (Wildman–Crippen MR) is 93.2 cm³/mol. The number of rotatable bonds is 5. The van der Waals surface area contributed by atoms with Gasteiger partial charge in [0.25, 0.3) is 5.91 Å². The van der Waals surface area contributed by atoms with Gasteiger partial charge >= 0.3 is 6.09 Å². The molecule has 0 aliphatic carbocycles. The van der Waals surface area contributed by atoms with E-state index in [2.05, 4.69) is 15.7 Å². The number of cyclic esters (lactones) is 1. The Kier molecular flexibility index (Phi) is 5.06. The molecule has 2 heterocycles. The molecule has 1 aliphatic rings. The maximum Gasteiger partial charge on any atom is 0.414 e. The molecule has 2 N–H and O–H groups in total. The van der Waals surface area contributed by atoms with E-state index in [0.29, 0.717) is 11.3 Å². The number of nitrogens with zero attached hydrogens (tertiary/aromatic N) is 3. The number of anilines is 1. The van der Waals surface area contributed by atoms with E-state index in [1.165, 1.54) is 48.1 Å². The summed E-state index contributed by atoms with van der Waals surface area (Å²) in [6.07, 6.45) is 1.62. The van der Waals surface area contributed by atoms with Crippen molar-refractivity contribution in [3.05, 3.63) is 42.0 Å². The van der Waals surface area contributed by atoms with E-state index >= 15 is 0 Å². The summed E-state index contributed by atoms with van der Waals surface area (Å²) in [6.45, 7) is 1.75. The van der Waals surface area contributed by atoms with Crippen LogP contribution in [-0.2, 0) is 9.53 Å². The van der Waals surface area contributed by atoms with Crippen LogP contribution in [0.2, 0.25) is 0 Å². The summed E-state index contributed by atoms with van der Waals surface area (Å²) < 4.78 is 21.0. The zero-order valence-electron chi connectivity index (χ0n) is 14.7. The van der Waals surface area contributed by atoms with E-state index in [-0.39, 0.29) is 30.6 Å².